The van der Waals surface area contributed by atoms with Crippen LogP contribution >= 0.6 is 0 Å². The molecule has 0 radical (unpaired) electrons. The molecule has 3 N–H and O–H groups in total. The number of carbonyl (C=O) groups is 1. The van der Waals surface area contributed by atoms with E-state index in [2.05, 4.69) is 5.32 Å². The highest BCUT2D eigenvalue weighted by Gasteiger charge is 1.99. The van der Waals surface area contributed by atoms with Crippen molar-refractivity contribution in [3.63, 3.8) is 0 Å². The molecule has 0 bridgehead atoms. The van der Waals surface area contributed by atoms with Crippen molar-refractivity contribution >= 4 is 5.91 Å². The molecule has 15 heavy (non-hydrogen) atoms. The standard InChI is InChI=1S/C10H22N2O3/c1-14-8-9-15-7-6-12-10(13)4-2-3-5-11/h2-9,11H2,1H3,(H,12,13). The van der Waals surface area contributed by atoms with Gasteiger partial charge in [-0.2, -0.15) is 0 Å². The van der Waals surface area contributed by atoms with E-state index in [1.807, 2.05) is 0 Å². The lowest BCUT2D eigenvalue weighted by Crippen LogP contribution is -2.27. The smallest absolute Gasteiger partial charge is 0.220 e. The number of nitrogens with two attached hydrogens (primary N) is 1. The zero-order valence-electron chi connectivity index (χ0n) is 9.46. The number of rotatable bonds is 10. The Morgan fingerprint density at radius 1 is 1.27 bits per heavy atom. The largest absolute Gasteiger partial charge is 0.382 e. The van der Waals surface area contributed by atoms with Crippen molar-refractivity contribution in [1.29, 1.82) is 0 Å². The van der Waals surface area contributed by atoms with Gasteiger partial charge in [0.1, 0.15) is 0 Å². The second kappa shape index (κ2) is 11.4. The summed E-state index contributed by atoms with van der Waals surface area (Å²) >= 11 is 0. The number of methoxy groups -OCH3 is 1. The van der Waals surface area contributed by atoms with Gasteiger partial charge >= 0.3 is 0 Å². The average molecular weight is 218 g/mol. The molecule has 1 amide bonds. The number of hydrogen-bond acceptors (Lipinski definition) is 4. The SMILES string of the molecule is COCCOCCNC(=O)CCCCN. The number of hydrogen-bond donors (Lipinski definition) is 2. The fourth-order valence-corrected chi connectivity index (χ4v) is 1.03. The molecule has 0 aliphatic rings. The highest BCUT2D eigenvalue weighted by atomic mass is 16.5. The Morgan fingerprint density at radius 3 is 2.73 bits per heavy atom. The molecular formula is C10H22N2O3. The Bertz CT molecular complexity index is 154. The predicted octanol–water partition coefficient (Wildman–Crippen LogP) is -0.105. The van der Waals surface area contributed by atoms with Crippen LogP contribution in [0, 0.1) is 0 Å². The molecule has 0 aromatic heterocycles. The first-order chi connectivity index (χ1) is 7.31. The molecule has 0 aliphatic heterocycles. The van der Waals surface area contributed by atoms with E-state index >= 15 is 0 Å². The lowest BCUT2D eigenvalue weighted by molar-refractivity contribution is -0.121. The van der Waals surface area contributed by atoms with Crippen molar-refractivity contribution in [3.8, 4) is 0 Å². The van der Waals surface area contributed by atoms with Crippen LogP contribution in [0.4, 0.5) is 0 Å². The Morgan fingerprint density at radius 2 is 2.07 bits per heavy atom. The molecule has 0 fully saturated rings. The van der Waals surface area contributed by atoms with Gasteiger partial charge in [-0.1, -0.05) is 0 Å². The van der Waals surface area contributed by atoms with Crippen molar-refractivity contribution in [2.75, 3.05) is 40.0 Å². The topological polar surface area (TPSA) is 73.6 Å². The van der Waals surface area contributed by atoms with Gasteiger partial charge in [0.25, 0.3) is 0 Å². The minimum Gasteiger partial charge on any atom is -0.382 e. The van der Waals surface area contributed by atoms with Crippen LogP contribution in [0.2, 0.25) is 0 Å². The normalized spacial score (nSPS) is 10.3. The maximum Gasteiger partial charge on any atom is 0.220 e. The van der Waals surface area contributed by atoms with Crippen molar-refractivity contribution in [2.45, 2.75) is 19.3 Å². The molecule has 0 heterocycles. The fourth-order valence-electron chi connectivity index (χ4n) is 1.03. The number of unbranched alkanes of at least 4 members (excludes halogenated alkanes) is 1. The quantitative estimate of drug-likeness (QED) is 0.502. The fraction of sp³-hybridized carbons (Fsp3) is 0.900. The summed E-state index contributed by atoms with van der Waals surface area (Å²) in [4.78, 5) is 11.2. The monoisotopic (exact) mass is 218 g/mol. The van der Waals surface area contributed by atoms with E-state index in [0.717, 1.165) is 12.8 Å². The molecule has 0 aliphatic carbocycles. The van der Waals surface area contributed by atoms with Crippen LogP contribution in [0.15, 0.2) is 0 Å². The van der Waals surface area contributed by atoms with Crippen LogP contribution in [0.1, 0.15) is 19.3 Å². The molecule has 0 spiro atoms. The summed E-state index contributed by atoms with van der Waals surface area (Å²) in [7, 11) is 1.63. The van der Waals surface area contributed by atoms with Crippen LogP contribution in [-0.4, -0.2) is 45.9 Å². The van der Waals surface area contributed by atoms with Gasteiger partial charge in [0.05, 0.1) is 19.8 Å². The molecule has 0 rings (SSSR count). The Labute approximate surface area is 91.3 Å². The van der Waals surface area contributed by atoms with Crippen molar-refractivity contribution < 1.29 is 14.3 Å². The third-order valence-corrected chi connectivity index (χ3v) is 1.86. The summed E-state index contributed by atoms with van der Waals surface area (Å²) in [5, 5.41) is 2.77. The molecule has 90 valence electrons. The third kappa shape index (κ3) is 11.3. The van der Waals surface area contributed by atoms with Gasteiger partial charge in [0.2, 0.25) is 5.91 Å². The van der Waals surface area contributed by atoms with Crippen LogP contribution in [0.3, 0.4) is 0 Å². The lowest BCUT2D eigenvalue weighted by atomic mass is 10.2. The van der Waals surface area contributed by atoms with Crippen LogP contribution in [0.5, 0.6) is 0 Å². The first kappa shape index (κ1) is 14.3. The number of carbonyl (C=O) groups excluding carboxylic acids is 1. The summed E-state index contributed by atoms with van der Waals surface area (Å²) in [6, 6.07) is 0. The Kier molecular flexibility index (Phi) is 10.9. The van der Waals surface area contributed by atoms with E-state index in [1.54, 1.807) is 7.11 Å². The molecule has 0 saturated carbocycles. The van der Waals surface area contributed by atoms with Crippen LogP contribution in [-0.2, 0) is 14.3 Å². The molecule has 0 atom stereocenters. The first-order valence-electron chi connectivity index (χ1n) is 5.34. The van der Waals surface area contributed by atoms with Gasteiger partial charge in [-0.05, 0) is 19.4 Å². The minimum atomic E-state index is 0.0683. The Balaban J connectivity index is 3.10. The summed E-state index contributed by atoms with van der Waals surface area (Å²) < 4.78 is 10.0. The van der Waals surface area contributed by atoms with Crippen LogP contribution < -0.4 is 11.1 Å². The summed E-state index contributed by atoms with van der Waals surface area (Å²) in [5.41, 5.74) is 5.32. The molecule has 0 aromatic rings. The Hall–Kier alpha value is -0.650. The van der Waals surface area contributed by atoms with Crippen molar-refractivity contribution in [2.24, 2.45) is 5.73 Å². The van der Waals surface area contributed by atoms with Gasteiger partial charge in [0.15, 0.2) is 0 Å². The molecule has 0 unspecified atom stereocenters. The maximum absolute atomic E-state index is 11.2. The number of ether oxygens (including phenoxy) is 2. The second-order valence-electron chi connectivity index (χ2n) is 3.20. The van der Waals surface area contributed by atoms with Gasteiger partial charge in [0, 0.05) is 20.1 Å². The highest BCUT2D eigenvalue weighted by Crippen LogP contribution is 1.92. The van der Waals surface area contributed by atoms with Gasteiger partial charge in [-0.25, -0.2) is 0 Å². The molecular weight excluding hydrogens is 196 g/mol. The van der Waals surface area contributed by atoms with Crippen molar-refractivity contribution in [3.05, 3.63) is 0 Å². The van der Waals surface area contributed by atoms with E-state index in [-0.39, 0.29) is 5.91 Å². The molecule has 0 aromatic carbocycles. The molecule has 5 nitrogen and oxygen atoms in total. The highest BCUT2D eigenvalue weighted by molar-refractivity contribution is 5.75. The third-order valence-electron chi connectivity index (χ3n) is 1.86. The van der Waals surface area contributed by atoms with Gasteiger partial charge in [-0.3, -0.25) is 4.79 Å². The first-order valence-corrected chi connectivity index (χ1v) is 5.34. The number of amides is 1. The van der Waals surface area contributed by atoms with E-state index in [9.17, 15) is 4.79 Å². The van der Waals surface area contributed by atoms with Crippen molar-refractivity contribution in [1.82, 2.24) is 5.32 Å². The second-order valence-corrected chi connectivity index (χ2v) is 3.20. The number of nitrogens with one attached hydrogen (secondary N) is 1. The molecule has 0 saturated heterocycles. The summed E-state index contributed by atoms with van der Waals surface area (Å²) in [5.74, 6) is 0.0683. The van der Waals surface area contributed by atoms with E-state index < -0.39 is 0 Å². The maximum atomic E-state index is 11.2. The van der Waals surface area contributed by atoms with E-state index in [1.165, 1.54) is 0 Å². The van der Waals surface area contributed by atoms with E-state index in [4.69, 9.17) is 15.2 Å². The van der Waals surface area contributed by atoms with Gasteiger partial charge < -0.3 is 20.5 Å². The summed E-state index contributed by atoms with van der Waals surface area (Å²) in [6.45, 7) is 2.90. The summed E-state index contributed by atoms with van der Waals surface area (Å²) in [6.07, 6.45) is 2.31. The zero-order chi connectivity index (χ0) is 11.4. The van der Waals surface area contributed by atoms with Crippen LogP contribution in [0.25, 0.3) is 0 Å². The van der Waals surface area contributed by atoms with E-state index in [0.29, 0.717) is 39.3 Å². The predicted molar refractivity (Wildman–Crippen MR) is 58.6 cm³/mol. The minimum absolute atomic E-state index is 0.0683. The zero-order valence-corrected chi connectivity index (χ0v) is 9.46. The lowest BCUT2D eigenvalue weighted by Gasteiger charge is -2.05. The van der Waals surface area contributed by atoms with Gasteiger partial charge in [-0.15, -0.1) is 0 Å². The average Bonchev–Trinajstić information content (AvgIpc) is 2.23. The molecule has 5 heteroatoms.